The average Bonchev–Trinajstić information content (AvgIpc) is 2.72. The molecule has 0 saturated heterocycles. The van der Waals surface area contributed by atoms with Crippen molar-refractivity contribution >= 4 is 22.7 Å². The van der Waals surface area contributed by atoms with Gasteiger partial charge in [-0.25, -0.2) is 22.8 Å². The van der Waals surface area contributed by atoms with E-state index in [0.717, 1.165) is 13.0 Å². The number of rotatable bonds is 5. The molecule has 0 aliphatic rings. The van der Waals surface area contributed by atoms with Crippen molar-refractivity contribution < 1.29 is 45.4 Å². The van der Waals surface area contributed by atoms with E-state index in [-0.39, 0.29) is 16.9 Å². The van der Waals surface area contributed by atoms with Gasteiger partial charge in [-0.05, 0) is 32.0 Å². The van der Waals surface area contributed by atoms with Crippen molar-refractivity contribution in [3.8, 4) is 11.5 Å². The minimum absolute atomic E-state index is 0.0337. The Kier molecular flexibility index (Phi) is 5.78. The molecule has 0 spiro atoms. The predicted molar refractivity (Wildman–Crippen MR) is 94.4 cm³/mol. The molecule has 1 unspecified atom stereocenters. The van der Waals surface area contributed by atoms with Gasteiger partial charge in [-0.3, -0.25) is 4.79 Å². The molecule has 1 heterocycles. The van der Waals surface area contributed by atoms with Gasteiger partial charge >= 0.3 is 11.6 Å². The fourth-order valence-electron chi connectivity index (χ4n) is 2.51. The second kappa shape index (κ2) is 8.17. The quantitative estimate of drug-likeness (QED) is 0.113. The number of hydrogen-bond donors (Lipinski definition) is 0. The largest absolute Gasteiger partial charge is 0.473 e. The Labute approximate surface area is 169 Å². The first-order valence-electron chi connectivity index (χ1n) is 8.50. The number of Topliss-reactive ketones (excluding diaryl/α,β-unsaturated/α-hetero) is 1. The fourth-order valence-corrected chi connectivity index (χ4v) is 2.51. The molecular weight excluding hydrogens is 431 g/mol. The van der Waals surface area contributed by atoms with Gasteiger partial charge in [0, 0.05) is 11.5 Å². The highest BCUT2D eigenvalue weighted by molar-refractivity contribution is 5.96. The van der Waals surface area contributed by atoms with E-state index in [1.54, 1.807) is 0 Å². The molecule has 3 rings (SSSR count). The van der Waals surface area contributed by atoms with Crippen LogP contribution in [0.25, 0.3) is 11.0 Å². The molecule has 0 fully saturated rings. The molecule has 31 heavy (non-hydrogen) atoms. The van der Waals surface area contributed by atoms with Crippen LogP contribution in [-0.4, -0.2) is 17.9 Å². The minimum atomic E-state index is -2.37. The van der Waals surface area contributed by atoms with Gasteiger partial charge in [0.2, 0.25) is 29.1 Å². The van der Waals surface area contributed by atoms with E-state index >= 15 is 0 Å². The van der Waals surface area contributed by atoms with E-state index in [1.807, 2.05) is 0 Å². The lowest BCUT2D eigenvalue weighted by Gasteiger charge is -2.15. The Balaban J connectivity index is 1.83. The monoisotopic (exact) mass is 442 g/mol. The number of halogens is 5. The molecule has 0 saturated carbocycles. The first-order chi connectivity index (χ1) is 14.5. The van der Waals surface area contributed by atoms with Crippen LogP contribution in [0, 0.1) is 29.1 Å². The van der Waals surface area contributed by atoms with Gasteiger partial charge in [0.1, 0.15) is 16.9 Å². The Morgan fingerprint density at radius 1 is 0.935 bits per heavy atom. The maximum absolute atomic E-state index is 13.7. The SMILES string of the molecule is CC(=O)c1cc2ccc(OC(=O)C(C)Oc3c(F)c(F)c(F)c(F)c3F)cc2oc1=O. The lowest BCUT2D eigenvalue weighted by molar-refractivity contribution is -0.141. The summed E-state index contributed by atoms with van der Waals surface area (Å²) < 4.78 is 81.5. The third-order valence-corrected chi connectivity index (χ3v) is 4.10. The summed E-state index contributed by atoms with van der Waals surface area (Å²) in [5.41, 5.74) is -1.12. The molecule has 1 atom stereocenters. The number of esters is 1. The van der Waals surface area contributed by atoms with E-state index in [0.29, 0.717) is 5.39 Å². The van der Waals surface area contributed by atoms with Crippen molar-refractivity contribution in [1.29, 1.82) is 0 Å². The van der Waals surface area contributed by atoms with Crippen molar-refractivity contribution in [2.45, 2.75) is 20.0 Å². The van der Waals surface area contributed by atoms with E-state index < -0.39 is 58.3 Å². The lowest BCUT2D eigenvalue weighted by Crippen LogP contribution is -2.29. The van der Waals surface area contributed by atoms with Crippen LogP contribution >= 0.6 is 0 Å². The molecule has 0 aliphatic heterocycles. The summed E-state index contributed by atoms with van der Waals surface area (Å²) >= 11 is 0. The number of benzene rings is 2. The molecule has 0 radical (unpaired) electrons. The summed E-state index contributed by atoms with van der Waals surface area (Å²) in [6.07, 6.45) is -1.78. The average molecular weight is 442 g/mol. The fraction of sp³-hybridized carbons (Fsp3) is 0.150. The minimum Gasteiger partial charge on any atom is -0.473 e. The van der Waals surface area contributed by atoms with Crippen LogP contribution in [0.15, 0.2) is 33.5 Å². The van der Waals surface area contributed by atoms with E-state index in [1.165, 1.54) is 25.1 Å². The number of hydrogen-bond acceptors (Lipinski definition) is 6. The van der Waals surface area contributed by atoms with Crippen molar-refractivity contribution in [2.24, 2.45) is 0 Å². The molecule has 11 heteroatoms. The van der Waals surface area contributed by atoms with Crippen molar-refractivity contribution in [3.63, 3.8) is 0 Å². The van der Waals surface area contributed by atoms with Crippen LogP contribution in [-0.2, 0) is 4.79 Å². The maximum Gasteiger partial charge on any atom is 0.352 e. The second-order valence-corrected chi connectivity index (χ2v) is 6.28. The Hall–Kier alpha value is -3.76. The third kappa shape index (κ3) is 4.11. The predicted octanol–water partition coefficient (Wildman–Crippen LogP) is 4.06. The van der Waals surface area contributed by atoms with Crippen LogP contribution in [0.4, 0.5) is 22.0 Å². The summed E-state index contributed by atoms with van der Waals surface area (Å²) in [5, 5.41) is 0.343. The number of ketones is 1. The second-order valence-electron chi connectivity index (χ2n) is 6.28. The van der Waals surface area contributed by atoms with Crippen LogP contribution < -0.4 is 15.1 Å². The topological polar surface area (TPSA) is 82.8 Å². The number of carbonyl (C=O) groups is 2. The highest BCUT2D eigenvalue weighted by Crippen LogP contribution is 2.30. The Bertz CT molecular complexity index is 1250. The maximum atomic E-state index is 13.7. The molecular formula is C20H11F5O6. The first kappa shape index (κ1) is 21.9. The Morgan fingerprint density at radius 2 is 1.52 bits per heavy atom. The van der Waals surface area contributed by atoms with Gasteiger partial charge in [0.15, 0.2) is 17.6 Å². The van der Waals surface area contributed by atoms with E-state index in [9.17, 15) is 36.3 Å². The van der Waals surface area contributed by atoms with Gasteiger partial charge in [0.05, 0.1) is 0 Å². The molecule has 0 bridgehead atoms. The molecule has 2 aromatic carbocycles. The van der Waals surface area contributed by atoms with Crippen LogP contribution in [0.1, 0.15) is 24.2 Å². The van der Waals surface area contributed by atoms with Crippen molar-refractivity contribution in [1.82, 2.24) is 0 Å². The van der Waals surface area contributed by atoms with Gasteiger partial charge in [0.25, 0.3) is 0 Å². The summed E-state index contributed by atoms with van der Waals surface area (Å²) in [6.45, 7) is 2.14. The van der Waals surface area contributed by atoms with Crippen LogP contribution in [0.5, 0.6) is 11.5 Å². The number of carbonyl (C=O) groups excluding carboxylic acids is 2. The standard InChI is InChI=1S/C20H11F5O6/c1-7(26)11-5-9-3-4-10(6-12(9)31-20(11)28)30-19(27)8(2)29-18-16(24)14(22)13(21)15(23)17(18)25/h3-6,8H,1-2H3. The molecule has 0 N–H and O–H groups in total. The molecule has 0 amide bonds. The molecule has 1 aromatic heterocycles. The molecule has 6 nitrogen and oxygen atoms in total. The van der Waals surface area contributed by atoms with Gasteiger partial charge in [-0.1, -0.05) is 0 Å². The highest BCUT2D eigenvalue weighted by Gasteiger charge is 2.30. The summed E-state index contributed by atoms with van der Waals surface area (Å²) in [5.74, 6) is -14.9. The molecule has 162 valence electrons. The zero-order valence-corrected chi connectivity index (χ0v) is 15.7. The van der Waals surface area contributed by atoms with Gasteiger partial charge in [-0.2, -0.15) is 8.78 Å². The Morgan fingerprint density at radius 3 is 2.10 bits per heavy atom. The number of ether oxygens (including phenoxy) is 2. The lowest BCUT2D eigenvalue weighted by atomic mass is 10.1. The first-order valence-corrected chi connectivity index (χ1v) is 8.50. The van der Waals surface area contributed by atoms with Gasteiger partial charge < -0.3 is 13.9 Å². The number of fused-ring (bicyclic) bond motifs is 1. The summed E-state index contributed by atoms with van der Waals surface area (Å²) in [7, 11) is 0. The van der Waals surface area contributed by atoms with E-state index in [4.69, 9.17) is 9.15 Å². The summed E-state index contributed by atoms with van der Waals surface area (Å²) in [6, 6.07) is 5.03. The van der Waals surface area contributed by atoms with Crippen LogP contribution in [0.3, 0.4) is 0 Å². The van der Waals surface area contributed by atoms with Crippen LogP contribution in [0.2, 0.25) is 0 Å². The van der Waals surface area contributed by atoms with Crippen molar-refractivity contribution in [2.75, 3.05) is 0 Å². The normalized spacial score (nSPS) is 12.0. The van der Waals surface area contributed by atoms with E-state index in [2.05, 4.69) is 4.74 Å². The van der Waals surface area contributed by atoms with Gasteiger partial charge in [-0.15, -0.1) is 0 Å². The van der Waals surface area contributed by atoms with Crippen molar-refractivity contribution in [3.05, 3.63) is 69.3 Å². The summed E-state index contributed by atoms with van der Waals surface area (Å²) in [4.78, 5) is 35.3. The molecule has 0 aliphatic carbocycles. The molecule has 3 aromatic rings. The zero-order valence-electron chi connectivity index (χ0n) is 15.7. The zero-order chi connectivity index (χ0) is 23.0. The highest BCUT2D eigenvalue weighted by atomic mass is 19.2. The third-order valence-electron chi connectivity index (χ3n) is 4.10. The smallest absolute Gasteiger partial charge is 0.352 e.